The average molecular weight is 210 g/mol. The molecule has 1 atom stereocenters. The second-order valence-corrected chi connectivity index (χ2v) is 4.64. The van der Waals surface area contributed by atoms with E-state index in [2.05, 4.69) is 5.01 Å². The summed E-state index contributed by atoms with van der Waals surface area (Å²) in [6.45, 7) is 1.95. The first-order chi connectivity index (χ1) is 7.40. The van der Waals surface area contributed by atoms with Crippen LogP contribution in [0.4, 0.5) is 0 Å². The van der Waals surface area contributed by atoms with Crippen LogP contribution >= 0.6 is 0 Å². The molecule has 0 amide bonds. The Hall–Kier alpha value is -0.570. The predicted octanol–water partition coefficient (Wildman–Crippen LogP) is 2.42. The van der Waals surface area contributed by atoms with Gasteiger partial charge in [-0.3, -0.25) is 5.01 Å². The summed E-state index contributed by atoms with van der Waals surface area (Å²) >= 11 is 0. The van der Waals surface area contributed by atoms with Gasteiger partial charge in [-0.25, -0.2) is 0 Å². The van der Waals surface area contributed by atoms with Gasteiger partial charge in [0.15, 0.2) is 0 Å². The molecule has 3 heteroatoms. The summed E-state index contributed by atoms with van der Waals surface area (Å²) in [5.41, 5.74) is 1.42. The van der Waals surface area contributed by atoms with E-state index in [0.717, 1.165) is 13.2 Å². The average Bonchev–Trinajstić information content (AvgIpc) is 2.68. The Bertz CT molecular complexity index is 220. The number of hydrogen-bond acceptors (Lipinski definition) is 3. The molecule has 0 spiro atoms. The van der Waals surface area contributed by atoms with Crippen LogP contribution < -0.4 is 0 Å². The van der Waals surface area contributed by atoms with E-state index < -0.39 is 0 Å². The third-order valence-corrected chi connectivity index (χ3v) is 3.41. The highest BCUT2D eigenvalue weighted by Crippen LogP contribution is 2.21. The van der Waals surface area contributed by atoms with Crippen LogP contribution in [0.5, 0.6) is 0 Å². The standard InChI is InChI=1S/C12H22N2O/c1-15-10-12-8-5-9-14(12)13-11-6-3-2-4-7-11/h12H,2-10H2,1H3/t12-/m0/s1. The molecule has 0 N–H and O–H groups in total. The van der Waals surface area contributed by atoms with Gasteiger partial charge >= 0.3 is 0 Å². The van der Waals surface area contributed by atoms with Crippen LogP contribution in [0, 0.1) is 0 Å². The molecule has 0 aromatic rings. The highest BCUT2D eigenvalue weighted by Gasteiger charge is 2.23. The van der Waals surface area contributed by atoms with Gasteiger partial charge in [-0.1, -0.05) is 6.42 Å². The number of ether oxygens (including phenoxy) is 1. The fourth-order valence-electron chi connectivity index (χ4n) is 2.56. The second-order valence-electron chi connectivity index (χ2n) is 4.64. The molecule has 1 heterocycles. The minimum Gasteiger partial charge on any atom is -0.382 e. The van der Waals surface area contributed by atoms with Gasteiger partial charge in [0.05, 0.1) is 12.6 Å². The van der Waals surface area contributed by atoms with Crippen LogP contribution in [0.1, 0.15) is 44.9 Å². The molecule has 15 heavy (non-hydrogen) atoms. The fourth-order valence-corrected chi connectivity index (χ4v) is 2.56. The van der Waals surface area contributed by atoms with E-state index >= 15 is 0 Å². The molecule has 1 aliphatic carbocycles. The summed E-state index contributed by atoms with van der Waals surface area (Å²) < 4.78 is 5.23. The van der Waals surface area contributed by atoms with Gasteiger partial charge in [0.2, 0.25) is 0 Å². The van der Waals surface area contributed by atoms with Crippen LogP contribution in [0.2, 0.25) is 0 Å². The summed E-state index contributed by atoms with van der Waals surface area (Å²) in [7, 11) is 1.78. The lowest BCUT2D eigenvalue weighted by molar-refractivity contribution is 0.117. The van der Waals surface area contributed by atoms with E-state index in [-0.39, 0.29) is 0 Å². The maximum Gasteiger partial charge on any atom is 0.0704 e. The first kappa shape index (κ1) is 10.9. The van der Waals surface area contributed by atoms with Crippen molar-refractivity contribution < 1.29 is 4.74 Å². The molecular weight excluding hydrogens is 188 g/mol. The highest BCUT2D eigenvalue weighted by atomic mass is 16.5. The van der Waals surface area contributed by atoms with Gasteiger partial charge < -0.3 is 4.74 Å². The molecule has 0 aromatic heterocycles. The van der Waals surface area contributed by atoms with Crippen LogP contribution in [-0.2, 0) is 4.74 Å². The summed E-state index contributed by atoms with van der Waals surface area (Å²) in [6.07, 6.45) is 9.01. The van der Waals surface area contributed by atoms with Gasteiger partial charge in [-0.05, 0) is 38.5 Å². The Balaban J connectivity index is 1.90. The lowest BCUT2D eigenvalue weighted by Crippen LogP contribution is -2.29. The minimum absolute atomic E-state index is 0.532. The number of nitrogens with zero attached hydrogens (tertiary/aromatic N) is 2. The maximum absolute atomic E-state index is 5.23. The Morgan fingerprint density at radius 3 is 2.80 bits per heavy atom. The summed E-state index contributed by atoms with van der Waals surface area (Å²) in [5, 5.41) is 7.07. The molecule has 3 nitrogen and oxygen atoms in total. The topological polar surface area (TPSA) is 24.8 Å². The van der Waals surface area contributed by atoms with E-state index in [1.165, 1.54) is 50.7 Å². The molecule has 0 aromatic carbocycles. The molecule has 0 bridgehead atoms. The molecule has 86 valence electrons. The highest BCUT2D eigenvalue weighted by molar-refractivity contribution is 5.84. The molecule has 2 aliphatic rings. The maximum atomic E-state index is 5.23. The molecule has 2 rings (SSSR count). The fraction of sp³-hybridized carbons (Fsp3) is 0.917. The Kier molecular flexibility index (Phi) is 4.01. The second kappa shape index (κ2) is 5.50. The third-order valence-electron chi connectivity index (χ3n) is 3.41. The van der Waals surface area contributed by atoms with Gasteiger partial charge in [0.25, 0.3) is 0 Å². The molecule has 1 saturated heterocycles. The van der Waals surface area contributed by atoms with Crippen LogP contribution in [0.3, 0.4) is 0 Å². The summed E-state index contributed by atoms with van der Waals surface area (Å²) in [5.74, 6) is 0. The van der Waals surface area contributed by atoms with Gasteiger partial charge in [0, 0.05) is 19.4 Å². The van der Waals surface area contributed by atoms with E-state index in [4.69, 9.17) is 9.84 Å². The number of hydrazone groups is 1. The molecule has 1 aliphatic heterocycles. The van der Waals surface area contributed by atoms with Gasteiger partial charge in [0.1, 0.15) is 0 Å². The zero-order valence-electron chi connectivity index (χ0n) is 9.74. The Morgan fingerprint density at radius 1 is 1.27 bits per heavy atom. The summed E-state index contributed by atoms with van der Waals surface area (Å²) in [6, 6.07) is 0.532. The van der Waals surface area contributed by atoms with Crippen LogP contribution in [0.15, 0.2) is 5.10 Å². The van der Waals surface area contributed by atoms with Crippen LogP contribution in [0.25, 0.3) is 0 Å². The lowest BCUT2D eigenvalue weighted by Gasteiger charge is -2.23. The van der Waals surface area contributed by atoms with E-state index in [1.54, 1.807) is 7.11 Å². The lowest BCUT2D eigenvalue weighted by atomic mass is 9.99. The number of methoxy groups -OCH3 is 1. The van der Waals surface area contributed by atoms with Crippen molar-refractivity contribution in [2.45, 2.75) is 51.0 Å². The van der Waals surface area contributed by atoms with Crippen molar-refractivity contribution in [2.75, 3.05) is 20.3 Å². The minimum atomic E-state index is 0.532. The largest absolute Gasteiger partial charge is 0.382 e. The first-order valence-electron chi connectivity index (χ1n) is 6.22. The number of hydrogen-bond donors (Lipinski definition) is 0. The predicted molar refractivity (Wildman–Crippen MR) is 62.1 cm³/mol. The Labute approximate surface area is 92.5 Å². The van der Waals surface area contributed by atoms with Crippen LogP contribution in [-0.4, -0.2) is 37.0 Å². The molecule has 1 saturated carbocycles. The molecule has 0 radical (unpaired) electrons. The van der Waals surface area contributed by atoms with Crippen molar-refractivity contribution in [2.24, 2.45) is 5.10 Å². The SMILES string of the molecule is COC[C@@H]1CCCN1N=C1CCCCC1. The quantitative estimate of drug-likeness (QED) is 0.714. The zero-order chi connectivity index (χ0) is 10.5. The van der Waals surface area contributed by atoms with E-state index in [0.29, 0.717) is 6.04 Å². The third kappa shape index (κ3) is 2.94. The Morgan fingerprint density at radius 2 is 2.07 bits per heavy atom. The van der Waals surface area contributed by atoms with Gasteiger partial charge in [-0.2, -0.15) is 5.10 Å². The van der Waals surface area contributed by atoms with Crippen molar-refractivity contribution >= 4 is 5.71 Å². The monoisotopic (exact) mass is 210 g/mol. The van der Waals surface area contributed by atoms with Crippen molar-refractivity contribution in [1.29, 1.82) is 0 Å². The van der Waals surface area contributed by atoms with Crippen molar-refractivity contribution in [3.63, 3.8) is 0 Å². The van der Waals surface area contributed by atoms with E-state index in [1.807, 2.05) is 0 Å². The van der Waals surface area contributed by atoms with Crippen molar-refractivity contribution in [1.82, 2.24) is 5.01 Å². The van der Waals surface area contributed by atoms with E-state index in [9.17, 15) is 0 Å². The smallest absolute Gasteiger partial charge is 0.0704 e. The van der Waals surface area contributed by atoms with Crippen molar-refractivity contribution in [3.8, 4) is 0 Å². The summed E-state index contributed by atoms with van der Waals surface area (Å²) in [4.78, 5) is 0. The van der Waals surface area contributed by atoms with Crippen molar-refractivity contribution in [3.05, 3.63) is 0 Å². The molecule has 2 fully saturated rings. The molecular formula is C12H22N2O. The van der Waals surface area contributed by atoms with Gasteiger partial charge in [-0.15, -0.1) is 0 Å². The normalized spacial score (nSPS) is 27.1. The molecule has 0 unspecified atom stereocenters. The first-order valence-corrected chi connectivity index (χ1v) is 6.22. The number of rotatable bonds is 3. The zero-order valence-corrected chi connectivity index (χ0v) is 9.74.